The van der Waals surface area contributed by atoms with Gasteiger partial charge >= 0.3 is 0 Å². The number of halogens is 2. The molecule has 0 saturated carbocycles. The quantitative estimate of drug-likeness (QED) is 0.821. The fourth-order valence-electron chi connectivity index (χ4n) is 4.33. The maximum atomic E-state index is 14.4. The minimum absolute atomic E-state index is 0.0923. The van der Waals surface area contributed by atoms with Crippen LogP contribution >= 0.6 is 0 Å². The van der Waals surface area contributed by atoms with Crippen LogP contribution in [-0.4, -0.2) is 57.0 Å². The monoisotopic (exact) mass is 368 g/mol. The summed E-state index contributed by atoms with van der Waals surface area (Å²) >= 11 is 0. The van der Waals surface area contributed by atoms with Crippen molar-refractivity contribution in [1.82, 2.24) is 19.6 Å². The van der Waals surface area contributed by atoms with Gasteiger partial charge in [0.05, 0.1) is 29.9 Å². The molecule has 2 amide bonds. The highest BCUT2D eigenvalue weighted by atomic mass is 19.3. The zero-order chi connectivity index (χ0) is 19.1. The number of amides is 2. The van der Waals surface area contributed by atoms with E-state index in [2.05, 4.69) is 5.10 Å². The third kappa shape index (κ3) is 3.46. The molecule has 144 valence electrons. The maximum absolute atomic E-state index is 14.4. The molecular formula is C18H26F2N4O2. The summed E-state index contributed by atoms with van der Waals surface area (Å²) < 4.78 is 30.5. The zero-order valence-corrected chi connectivity index (χ0v) is 15.6. The van der Waals surface area contributed by atoms with E-state index in [1.165, 1.54) is 4.90 Å². The Morgan fingerprint density at radius 1 is 1.35 bits per heavy atom. The van der Waals surface area contributed by atoms with Crippen molar-refractivity contribution in [3.63, 3.8) is 0 Å². The molecule has 0 aromatic carbocycles. The highest BCUT2D eigenvalue weighted by molar-refractivity contribution is 5.85. The summed E-state index contributed by atoms with van der Waals surface area (Å²) in [6.45, 7) is 3.92. The summed E-state index contributed by atoms with van der Waals surface area (Å²) in [6.07, 6.45) is 0.744. The van der Waals surface area contributed by atoms with Crippen LogP contribution < -0.4 is 0 Å². The average molecular weight is 368 g/mol. The van der Waals surface area contributed by atoms with Gasteiger partial charge < -0.3 is 9.80 Å². The van der Waals surface area contributed by atoms with Crippen LogP contribution in [0.3, 0.4) is 0 Å². The fraction of sp³-hybridized carbons (Fsp3) is 0.722. The van der Waals surface area contributed by atoms with Crippen molar-refractivity contribution in [3.05, 3.63) is 17.5 Å². The number of hydrogen-bond acceptors (Lipinski definition) is 3. The van der Waals surface area contributed by atoms with Crippen molar-refractivity contribution in [2.45, 2.75) is 52.0 Å². The summed E-state index contributed by atoms with van der Waals surface area (Å²) in [5.74, 6) is -3.63. The molecule has 0 bridgehead atoms. The molecule has 3 heterocycles. The zero-order valence-electron chi connectivity index (χ0n) is 15.6. The first kappa shape index (κ1) is 18.8. The Labute approximate surface area is 152 Å². The SMILES string of the molecule is CCC(=O)N1CC(F)(F)C[C@@]2(CCCN(Cc3cc(C)nn3C)C2=O)C1. The lowest BCUT2D eigenvalue weighted by Crippen LogP contribution is -2.61. The van der Waals surface area contributed by atoms with Crippen molar-refractivity contribution < 1.29 is 18.4 Å². The molecule has 1 aromatic rings. The summed E-state index contributed by atoms with van der Waals surface area (Å²) in [6, 6.07) is 1.90. The van der Waals surface area contributed by atoms with Crippen LogP contribution in [0.4, 0.5) is 8.78 Å². The molecule has 0 aliphatic carbocycles. The van der Waals surface area contributed by atoms with E-state index in [1.54, 1.807) is 16.5 Å². The Morgan fingerprint density at radius 3 is 2.69 bits per heavy atom. The van der Waals surface area contributed by atoms with Gasteiger partial charge in [0.2, 0.25) is 11.8 Å². The molecule has 1 spiro atoms. The Bertz CT molecular complexity index is 718. The smallest absolute Gasteiger partial charge is 0.266 e. The molecule has 2 aliphatic heterocycles. The predicted octanol–water partition coefficient (Wildman–Crippen LogP) is 2.11. The minimum Gasteiger partial charge on any atom is -0.336 e. The summed E-state index contributed by atoms with van der Waals surface area (Å²) in [7, 11) is 1.81. The first-order chi connectivity index (χ1) is 12.2. The predicted molar refractivity (Wildman–Crippen MR) is 91.5 cm³/mol. The van der Waals surface area contributed by atoms with E-state index in [0.717, 1.165) is 11.4 Å². The van der Waals surface area contributed by atoms with Gasteiger partial charge in [0.25, 0.3) is 5.92 Å². The standard InChI is InChI=1S/C18H26F2N4O2/c1-4-15(25)24-11-17(10-18(19,20)12-24)6-5-7-23(16(17)26)9-14-8-13(2)21-22(14)3/h8H,4-7,9-12H2,1-3H3/t17-/m0/s1. The number of rotatable bonds is 3. The number of piperidine rings is 2. The number of nitrogens with zero attached hydrogens (tertiary/aromatic N) is 4. The topological polar surface area (TPSA) is 58.4 Å². The van der Waals surface area contributed by atoms with Crippen molar-refractivity contribution in [2.24, 2.45) is 12.5 Å². The number of carbonyl (C=O) groups is 2. The fourth-order valence-corrected chi connectivity index (χ4v) is 4.33. The molecule has 8 heteroatoms. The molecular weight excluding hydrogens is 342 g/mol. The summed E-state index contributed by atoms with van der Waals surface area (Å²) in [5.41, 5.74) is 0.543. The number of aromatic nitrogens is 2. The molecule has 1 atom stereocenters. The molecule has 2 saturated heterocycles. The lowest BCUT2D eigenvalue weighted by molar-refractivity contribution is -0.175. The van der Waals surface area contributed by atoms with Crippen LogP contribution in [0.5, 0.6) is 0 Å². The Kier molecular flexibility index (Phi) is 4.79. The third-order valence-electron chi connectivity index (χ3n) is 5.44. The van der Waals surface area contributed by atoms with Crippen molar-refractivity contribution >= 4 is 11.8 Å². The molecule has 2 fully saturated rings. The number of likely N-dealkylation sites (tertiary alicyclic amines) is 2. The van der Waals surface area contributed by atoms with E-state index < -0.39 is 24.3 Å². The van der Waals surface area contributed by atoms with Crippen LogP contribution in [0, 0.1) is 12.3 Å². The van der Waals surface area contributed by atoms with Crippen LogP contribution in [0.15, 0.2) is 6.07 Å². The maximum Gasteiger partial charge on any atom is 0.266 e. The first-order valence-corrected chi connectivity index (χ1v) is 9.10. The Balaban J connectivity index is 1.85. The highest BCUT2D eigenvalue weighted by Gasteiger charge is 2.55. The van der Waals surface area contributed by atoms with Crippen molar-refractivity contribution in [2.75, 3.05) is 19.6 Å². The van der Waals surface area contributed by atoms with Gasteiger partial charge in [0.1, 0.15) is 0 Å². The number of carbonyl (C=O) groups excluding carboxylic acids is 2. The second-order valence-corrected chi connectivity index (χ2v) is 7.65. The van der Waals surface area contributed by atoms with Gasteiger partial charge in [0, 0.05) is 33.0 Å². The van der Waals surface area contributed by atoms with Crippen LogP contribution in [0.2, 0.25) is 0 Å². The van der Waals surface area contributed by atoms with Gasteiger partial charge in [0.15, 0.2) is 0 Å². The molecule has 6 nitrogen and oxygen atoms in total. The number of hydrogen-bond donors (Lipinski definition) is 0. The Morgan fingerprint density at radius 2 is 2.08 bits per heavy atom. The van der Waals surface area contributed by atoms with Gasteiger partial charge in [-0.2, -0.15) is 5.10 Å². The van der Waals surface area contributed by atoms with Crippen molar-refractivity contribution in [1.29, 1.82) is 0 Å². The van der Waals surface area contributed by atoms with E-state index in [9.17, 15) is 18.4 Å². The van der Waals surface area contributed by atoms with E-state index in [1.807, 2.05) is 20.0 Å². The molecule has 0 radical (unpaired) electrons. The molecule has 1 aromatic heterocycles. The third-order valence-corrected chi connectivity index (χ3v) is 5.44. The highest BCUT2D eigenvalue weighted by Crippen LogP contribution is 2.45. The van der Waals surface area contributed by atoms with E-state index in [4.69, 9.17) is 0 Å². The first-order valence-electron chi connectivity index (χ1n) is 9.10. The lowest BCUT2D eigenvalue weighted by Gasteiger charge is -2.49. The molecule has 0 unspecified atom stereocenters. The average Bonchev–Trinajstić information content (AvgIpc) is 2.87. The van der Waals surface area contributed by atoms with Gasteiger partial charge in [-0.3, -0.25) is 14.3 Å². The van der Waals surface area contributed by atoms with E-state index in [0.29, 0.717) is 25.9 Å². The molecule has 0 N–H and O–H groups in total. The van der Waals surface area contributed by atoms with Crippen molar-refractivity contribution in [3.8, 4) is 0 Å². The molecule has 26 heavy (non-hydrogen) atoms. The van der Waals surface area contributed by atoms with Gasteiger partial charge in [-0.05, 0) is 25.8 Å². The second kappa shape index (κ2) is 6.63. The Hall–Kier alpha value is -1.99. The van der Waals surface area contributed by atoms with Crippen LogP contribution in [-0.2, 0) is 23.2 Å². The second-order valence-electron chi connectivity index (χ2n) is 7.65. The van der Waals surface area contributed by atoms with Gasteiger partial charge in [-0.25, -0.2) is 8.78 Å². The van der Waals surface area contributed by atoms with E-state index >= 15 is 0 Å². The normalized spacial score (nSPS) is 25.8. The largest absolute Gasteiger partial charge is 0.336 e. The van der Waals surface area contributed by atoms with Crippen LogP contribution in [0.1, 0.15) is 44.0 Å². The minimum atomic E-state index is -3.04. The summed E-state index contributed by atoms with van der Waals surface area (Å²) in [4.78, 5) is 28.1. The number of aryl methyl sites for hydroxylation is 2. The van der Waals surface area contributed by atoms with E-state index in [-0.39, 0.29) is 24.8 Å². The van der Waals surface area contributed by atoms with Crippen LogP contribution in [0.25, 0.3) is 0 Å². The number of alkyl halides is 2. The lowest BCUT2D eigenvalue weighted by atomic mass is 9.71. The summed E-state index contributed by atoms with van der Waals surface area (Å²) in [5, 5.41) is 4.28. The molecule has 3 rings (SSSR count). The van der Waals surface area contributed by atoms with Gasteiger partial charge in [-0.1, -0.05) is 6.92 Å². The van der Waals surface area contributed by atoms with Gasteiger partial charge in [-0.15, -0.1) is 0 Å². The molecule has 2 aliphatic rings.